The molecule has 1 aromatic rings. The molecule has 3 atom stereocenters. The zero-order chi connectivity index (χ0) is 14.4. The standard InChI is InChI=1S/C13H21N5O2/c1-12(2)10-9(3-8-20-10)13(12,14)11(19)15-4-6-18-7-5-16-17-18/h5,7,9-10H,3-4,6,8,14H2,1-2H3,(H,15,19). The van der Waals surface area contributed by atoms with Crippen molar-refractivity contribution in [2.24, 2.45) is 17.1 Å². The van der Waals surface area contributed by atoms with Gasteiger partial charge in [0.2, 0.25) is 5.91 Å². The number of amides is 1. The number of nitrogens with two attached hydrogens (primary N) is 1. The van der Waals surface area contributed by atoms with Gasteiger partial charge in [0.15, 0.2) is 0 Å². The lowest BCUT2D eigenvalue weighted by Gasteiger charge is -2.60. The Morgan fingerprint density at radius 1 is 1.60 bits per heavy atom. The summed E-state index contributed by atoms with van der Waals surface area (Å²) in [4.78, 5) is 12.5. The minimum Gasteiger partial charge on any atom is -0.377 e. The Morgan fingerprint density at radius 2 is 2.40 bits per heavy atom. The van der Waals surface area contributed by atoms with Gasteiger partial charge in [-0.3, -0.25) is 9.48 Å². The maximum atomic E-state index is 12.5. The molecule has 20 heavy (non-hydrogen) atoms. The summed E-state index contributed by atoms with van der Waals surface area (Å²) in [5, 5.41) is 10.5. The van der Waals surface area contributed by atoms with E-state index >= 15 is 0 Å². The van der Waals surface area contributed by atoms with Crippen LogP contribution in [0.4, 0.5) is 0 Å². The minimum absolute atomic E-state index is 0.0886. The fraction of sp³-hybridized carbons (Fsp3) is 0.769. The number of hydrogen-bond acceptors (Lipinski definition) is 5. The van der Waals surface area contributed by atoms with Crippen molar-refractivity contribution >= 4 is 5.91 Å². The molecule has 0 radical (unpaired) electrons. The highest BCUT2D eigenvalue weighted by Crippen LogP contribution is 2.58. The SMILES string of the molecule is CC1(C)C2OCCC2C1(N)C(=O)NCCn1ccnn1. The molecule has 0 spiro atoms. The highest BCUT2D eigenvalue weighted by Gasteiger charge is 2.71. The lowest BCUT2D eigenvalue weighted by atomic mass is 9.48. The largest absolute Gasteiger partial charge is 0.377 e. The van der Waals surface area contributed by atoms with E-state index in [0.29, 0.717) is 19.7 Å². The maximum Gasteiger partial charge on any atom is 0.241 e. The first-order chi connectivity index (χ1) is 9.48. The molecule has 110 valence electrons. The molecule has 0 bridgehead atoms. The lowest BCUT2D eigenvalue weighted by molar-refractivity contribution is -0.175. The molecule has 7 heteroatoms. The van der Waals surface area contributed by atoms with Crippen molar-refractivity contribution in [1.29, 1.82) is 0 Å². The first-order valence-corrected chi connectivity index (χ1v) is 7.01. The predicted molar refractivity (Wildman–Crippen MR) is 71.6 cm³/mol. The number of ether oxygens (including phenoxy) is 1. The van der Waals surface area contributed by atoms with Crippen LogP contribution < -0.4 is 11.1 Å². The van der Waals surface area contributed by atoms with Crippen molar-refractivity contribution in [2.75, 3.05) is 13.2 Å². The molecule has 0 aromatic carbocycles. The molecule has 3 N–H and O–H groups in total. The highest BCUT2D eigenvalue weighted by atomic mass is 16.5. The number of aromatic nitrogens is 3. The molecule has 7 nitrogen and oxygen atoms in total. The van der Waals surface area contributed by atoms with Crippen molar-refractivity contribution in [3.63, 3.8) is 0 Å². The summed E-state index contributed by atoms with van der Waals surface area (Å²) < 4.78 is 7.37. The van der Waals surface area contributed by atoms with E-state index in [0.717, 1.165) is 6.42 Å². The van der Waals surface area contributed by atoms with Gasteiger partial charge < -0.3 is 15.8 Å². The van der Waals surface area contributed by atoms with Gasteiger partial charge in [-0.1, -0.05) is 19.1 Å². The van der Waals surface area contributed by atoms with Crippen molar-refractivity contribution in [3.8, 4) is 0 Å². The molecule has 1 aliphatic heterocycles. The smallest absolute Gasteiger partial charge is 0.241 e. The fourth-order valence-corrected chi connectivity index (χ4v) is 3.63. The highest BCUT2D eigenvalue weighted by molar-refractivity contribution is 5.89. The molecule has 1 saturated carbocycles. The summed E-state index contributed by atoms with van der Waals surface area (Å²) in [5.74, 6) is 0.0400. The summed E-state index contributed by atoms with van der Waals surface area (Å²) in [7, 11) is 0. The van der Waals surface area contributed by atoms with Crippen LogP contribution >= 0.6 is 0 Å². The molecule has 1 aromatic heterocycles. The Morgan fingerprint density at radius 3 is 3.10 bits per heavy atom. The Labute approximate surface area is 117 Å². The number of fused-ring (bicyclic) bond motifs is 1. The number of nitrogens with zero attached hydrogens (tertiary/aromatic N) is 3. The van der Waals surface area contributed by atoms with E-state index < -0.39 is 5.54 Å². The van der Waals surface area contributed by atoms with Crippen LogP contribution in [0.2, 0.25) is 0 Å². The Bertz CT molecular complexity index is 501. The Balaban J connectivity index is 1.61. The van der Waals surface area contributed by atoms with E-state index in [1.54, 1.807) is 17.1 Å². The summed E-state index contributed by atoms with van der Waals surface area (Å²) in [6.45, 7) is 5.80. The molecule has 2 heterocycles. The van der Waals surface area contributed by atoms with E-state index in [2.05, 4.69) is 15.6 Å². The average molecular weight is 279 g/mol. The maximum absolute atomic E-state index is 12.5. The van der Waals surface area contributed by atoms with Gasteiger partial charge in [0, 0.05) is 30.7 Å². The van der Waals surface area contributed by atoms with Crippen LogP contribution in [-0.2, 0) is 16.1 Å². The normalized spacial score (nSPS) is 34.4. The number of nitrogens with one attached hydrogen (secondary N) is 1. The van der Waals surface area contributed by atoms with Gasteiger partial charge in [-0.15, -0.1) is 5.10 Å². The number of carbonyl (C=O) groups is 1. The number of rotatable bonds is 4. The van der Waals surface area contributed by atoms with E-state index in [9.17, 15) is 4.79 Å². The number of hydrogen-bond donors (Lipinski definition) is 2. The van der Waals surface area contributed by atoms with Gasteiger partial charge in [0.25, 0.3) is 0 Å². The van der Waals surface area contributed by atoms with Crippen molar-refractivity contribution in [1.82, 2.24) is 20.3 Å². The van der Waals surface area contributed by atoms with Crippen LogP contribution in [0.5, 0.6) is 0 Å². The number of carbonyl (C=O) groups excluding carboxylic acids is 1. The van der Waals surface area contributed by atoms with Gasteiger partial charge in [-0.2, -0.15) is 0 Å². The molecule has 3 rings (SSSR count). The molecular formula is C13H21N5O2. The lowest BCUT2D eigenvalue weighted by Crippen LogP contribution is -2.80. The quantitative estimate of drug-likeness (QED) is 0.777. The van der Waals surface area contributed by atoms with E-state index in [1.807, 2.05) is 13.8 Å². The second kappa shape index (κ2) is 4.53. The molecule has 1 amide bonds. The monoisotopic (exact) mass is 279 g/mol. The zero-order valence-corrected chi connectivity index (χ0v) is 11.9. The second-order valence-corrected chi connectivity index (χ2v) is 6.20. The molecular weight excluding hydrogens is 258 g/mol. The second-order valence-electron chi connectivity index (χ2n) is 6.20. The van der Waals surface area contributed by atoms with Crippen LogP contribution in [0.25, 0.3) is 0 Å². The first-order valence-electron chi connectivity index (χ1n) is 7.01. The van der Waals surface area contributed by atoms with E-state index in [4.69, 9.17) is 10.5 Å². The Kier molecular flexibility index (Phi) is 3.06. The summed E-state index contributed by atoms with van der Waals surface area (Å²) in [6.07, 6.45) is 4.34. The molecule has 1 aliphatic carbocycles. The summed E-state index contributed by atoms with van der Waals surface area (Å²) >= 11 is 0. The van der Waals surface area contributed by atoms with Crippen LogP contribution in [0.3, 0.4) is 0 Å². The Hall–Kier alpha value is -1.47. The first kappa shape index (κ1) is 13.5. The van der Waals surface area contributed by atoms with E-state index in [1.165, 1.54) is 0 Å². The topological polar surface area (TPSA) is 95.1 Å². The van der Waals surface area contributed by atoms with Gasteiger partial charge in [-0.05, 0) is 6.42 Å². The molecule has 2 fully saturated rings. The van der Waals surface area contributed by atoms with Crippen molar-refractivity contribution in [2.45, 2.75) is 38.5 Å². The van der Waals surface area contributed by atoms with Gasteiger partial charge >= 0.3 is 0 Å². The van der Waals surface area contributed by atoms with Crippen molar-refractivity contribution < 1.29 is 9.53 Å². The van der Waals surface area contributed by atoms with Gasteiger partial charge in [0.1, 0.15) is 5.54 Å². The van der Waals surface area contributed by atoms with Gasteiger partial charge in [-0.25, -0.2) is 0 Å². The third-order valence-electron chi connectivity index (χ3n) is 4.93. The molecule has 2 aliphatic rings. The average Bonchev–Trinajstić information content (AvgIpc) is 3.07. The van der Waals surface area contributed by atoms with Crippen LogP contribution in [0, 0.1) is 11.3 Å². The zero-order valence-electron chi connectivity index (χ0n) is 11.9. The van der Waals surface area contributed by atoms with Crippen molar-refractivity contribution in [3.05, 3.63) is 12.4 Å². The van der Waals surface area contributed by atoms with E-state index in [-0.39, 0.29) is 23.3 Å². The van der Waals surface area contributed by atoms with Gasteiger partial charge in [0.05, 0.1) is 18.8 Å². The molecule has 1 saturated heterocycles. The minimum atomic E-state index is -0.837. The van der Waals surface area contributed by atoms with Crippen LogP contribution in [-0.4, -0.2) is 45.7 Å². The molecule has 3 unspecified atom stereocenters. The summed E-state index contributed by atoms with van der Waals surface area (Å²) in [5.41, 5.74) is 5.28. The van der Waals surface area contributed by atoms with Crippen LogP contribution in [0.15, 0.2) is 12.4 Å². The summed E-state index contributed by atoms with van der Waals surface area (Å²) in [6, 6.07) is 0. The fourth-order valence-electron chi connectivity index (χ4n) is 3.63. The third-order valence-corrected chi connectivity index (χ3v) is 4.93. The third kappa shape index (κ3) is 1.69. The van der Waals surface area contributed by atoms with Crippen LogP contribution in [0.1, 0.15) is 20.3 Å². The predicted octanol–water partition coefficient (Wildman–Crippen LogP) is -0.463.